The minimum absolute atomic E-state index is 0.0179. The third-order valence-electron chi connectivity index (χ3n) is 5.59. The first-order valence-electron chi connectivity index (χ1n) is 9.70. The van der Waals surface area contributed by atoms with Gasteiger partial charge in [0.15, 0.2) is 0 Å². The third-order valence-corrected chi connectivity index (χ3v) is 5.59. The average molecular weight is 388 g/mol. The molecule has 148 valence electrons. The van der Waals surface area contributed by atoms with Gasteiger partial charge in [-0.3, -0.25) is 9.78 Å². The van der Waals surface area contributed by atoms with Gasteiger partial charge in [-0.15, -0.1) is 0 Å². The molecule has 3 aromatic rings. The summed E-state index contributed by atoms with van der Waals surface area (Å²) in [5.41, 5.74) is 2.16. The number of fused-ring (bicyclic) bond motifs is 1. The molecule has 0 saturated heterocycles. The van der Waals surface area contributed by atoms with Crippen molar-refractivity contribution in [2.45, 2.75) is 13.0 Å². The van der Waals surface area contributed by atoms with E-state index >= 15 is 0 Å². The van der Waals surface area contributed by atoms with Gasteiger partial charge >= 0.3 is 0 Å². The normalized spacial score (nSPS) is 20.7. The van der Waals surface area contributed by atoms with Crippen LogP contribution < -0.4 is 10.1 Å². The lowest BCUT2D eigenvalue weighted by Crippen LogP contribution is -2.35. The molecule has 1 aromatic heterocycles. The molecule has 29 heavy (non-hydrogen) atoms. The number of rotatable bonds is 7. The summed E-state index contributed by atoms with van der Waals surface area (Å²) >= 11 is 0. The first-order valence-corrected chi connectivity index (χ1v) is 9.70. The number of aliphatic hydroxyl groups is 1. The van der Waals surface area contributed by atoms with E-state index < -0.39 is 5.41 Å². The average Bonchev–Trinajstić information content (AvgIpc) is 3.51. The highest BCUT2D eigenvalue weighted by Crippen LogP contribution is 2.53. The zero-order valence-electron chi connectivity index (χ0n) is 16.3. The fourth-order valence-corrected chi connectivity index (χ4v) is 3.65. The fourth-order valence-electron chi connectivity index (χ4n) is 3.65. The largest absolute Gasteiger partial charge is 0.497 e. The second kappa shape index (κ2) is 8.05. The molecule has 0 bridgehead atoms. The molecule has 2 atom stereocenters. The molecule has 5 heteroatoms. The van der Waals surface area contributed by atoms with Gasteiger partial charge in [-0.25, -0.2) is 0 Å². The summed E-state index contributed by atoms with van der Waals surface area (Å²) in [5, 5.41) is 13.9. The summed E-state index contributed by atoms with van der Waals surface area (Å²) in [7, 11) is 1.62. The van der Waals surface area contributed by atoms with Crippen LogP contribution in [0.2, 0.25) is 0 Å². The molecule has 0 aliphatic heterocycles. The summed E-state index contributed by atoms with van der Waals surface area (Å²) in [6, 6.07) is 17.6. The number of ether oxygens (including phenoxy) is 1. The van der Waals surface area contributed by atoms with Crippen LogP contribution in [-0.4, -0.2) is 29.7 Å². The van der Waals surface area contributed by atoms with Crippen molar-refractivity contribution >= 4 is 22.9 Å². The number of hydrogen-bond acceptors (Lipinski definition) is 4. The molecule has 2 unspecified atom stereocenters. The summed E-state index contributed by atoms with van der Waals surface area (Å²) in [6.07, 6.45) is 6.46. The van der Waals surface area contributed by atoms with Gasteiger partial charge in [0.2, 0.25) is 5.91 Å². The van der Waals surface area contributed by atoms with Gasteiger partial charge in [0, 0.05) is 18.1 Å². The van der Waals surface area contributed by atoms with E-state index in [0.717, 1.165) is 27.8 Å². The van der Waals surface area contributed by atoms with Gasteiger partial charge in [-0.1, -0.05) is 42.5 Å². The van der Waals surface area contributed by atoms with Crippen LogP contribution in [0.25, 0.3) is 17.0 Å². The Kier molecular flexibility index (Phi) is 5.32. The second-order valence-corrected chi connectivity index (χ2v) is 7.48. The number of benzene rings is 2. The molecule has 1 saturated carbocycles. The predicted octanol–water partition coefficient (Wildman–Crippen LogP) is 3.57. The number of amides is 1. The number of methoxy groups -OCH3 is 1. The van der Waals surface area contributed by atoms with E-state index in [1.54, 1.807) is 7.11 Å². The molecule has 1 amide bonds. The maximum absolute atomic E-state index is 12.7. The number of carbonyl (C=O) groups is 1. The lowest BCUT2D eigenvalue weighted by Gasteiger charge is -2.14. The van der Waals surface area contributed by atoms with Crippen molar-refractivity contribution in [2.75, 3.05) is 13.7 Å². The highest BCUT2D eigenvalue weighted by Gasteiger charge is 2.58. The zero-order chi connectivity index (χ0) is 20.3. The Balaban J connectivity index is 1.40. The maximum atomic E-state index is 12.7. The molecule has 5 nitrogen and oxygen atoms in total. The molecule has 0 radical (unpaired) electrons. The predicted molar refractivity (Wildman–Crippen MR) is 113 cm³/mol. The quantitative estimate of drug-likeness (QED) is 0.649. The summed E-state index contributed by atoms with van der Waals surface area (Å²) in [5.74, 6) is 0.656. The Morgan fingerprint density at radius 2 is 2.14 bits per heavy atom. The molecule has 4 rings (SSSR count). The van der Waals surface area contributed by atoms with E-state index in [4.69, 9.17) is 4.74 Å². The van der Waals surface area contributed by atoms with Crippen LogP contribution in [-0.2, 0) is 11.3 Å². The van der Waals surface area contributed by atoms with Crippen molar-refractivity contribution in [1.29, 1.82) is 0 Å². The van der Waals surface area contributed by atoms with Crippen molar-refractivity contribution < 1.29 is 14.6 Å². The Bertz CT molecular complexity index is 1060. The van der Waals surface area contributed by atoms with E-state index in [0.29, 0.717) is 13.0 Å². The molecule has 1 fully saturated rings. The first-order chi connectivity index (χ1) is 14.1. The zero-order valence-corrected chi connectivity index (χ0v) is 16.3. The van der Waals surface area contributed by atoms with Crippen LogP contribution in [0.4, 0.5) is 0 Å². The smallest absolute Gasteiger partial charge is 0.229 e. The van der Waals surface area contributed by atoms with E-state index in [2.05, 4.69) is 16.4 Å². The van der Waals surface area contributed by atoms with Crippen molar-refractivity contribution in [1.82, 2.24) is 10.3 Å². The number of hydrogen-bond donors (Lipinski definition) is 2. The number of aliphatic hydroxyl groups excluding tert-OH is 1. The summed E-state index contributed by atoms with van der Waals surface area (Å²) < 4.78 is 5.21. The molecule has 0 spiro atoms. The third kappa shape index (κ3) is 4.00. The molecule has 2 N–H and O–H groups in total. The Hall–Kier alpha value is -3.18. The van der Waals surface area contributed by atoms with Crippen LogP contribution >= 0.6 is 0 Å². The number of para-hydroxylation sites is 1. The Morgan fingerprint density at radius 3 is 2.97 bits per heavy atom. The van der Waals surface area contributed by atoms with E-state index in [1.807, 2.05) is 66.9 Å². The Morgan fingerprint density at radius 1 is 1.28 bits per heavy atom. The van der Waals surface area contributed by atoms with Gasteiger partial charge < -0.3 is 15.2 Å². The second-order valence-electron chi connectivity index (χ2n) is 7.48. The summed E-state index contributed by atoms with van der Waals surface area (Å²) in [4.78, 5) is 17.2. The van der Waals surface area contributed by atoms with Gasteiger partial charge in [0.1, 0.15) is 5.75 Å². The molecular formula is C24H24N2O3. The topological polar surface area (TPSA) is 71.5 Å². The van der Waals surface area contributed by atoms with E-state index in [-0.39, 0.29) is 18.4 Å². The molecule has 2 aromatic carbocycles. The van der Waals surface area contributed by atoms with E-state index in [1.165, 1.54) is 0 Å². The van der Waals surface area contributed by atoms with E-state index in [9.17, 15) is 9.90 Å². The molecule has 1 aliphatic carbocycles. The number of nitrogens with zero attached hydrogens (tertiary/aromatic N) is 1. The molecule has 1 heterocycles. The van der Waals surface area contributed by atoms with Gasteiger partial charge in [-0.05, 0) is 47.7 Å². The monoisotopic (exact) mass is 388 g/mol. The minimum atomic E-state index is -0.736. The Labute approximate surface area is 170 Å². The lowest BCUT2D eigenvalue weighted by molar-refractivity contribution is -0.128. The fraction of sp³-hybridized carbons (Fsp3) is 0.250. The van der Waals surface area contributed by atoms with Crippen molar-refractivity contribution in [3.8, 4) is 5.75 Å². The minimum Gasteiger partial charge on any atom is -0.497 e. The highest BCUT2D eigenvalue weighted by atomic mass is 16.5. The van der Waals surface area contributed by atoms with Crippen LogP contribution in [0.15, 0.2) is 66.9 Å². The van der Waals surface area contributed by atoms with Crippen molar-refractivity contribution in [3.05, 3.63) is 78.0 Å². The molecule has 1 aliphatic rings. The number of nitrogens with one attached hydrogen (secondary N) is 1. The van der Waals surface area contributed by atoms with Crippen LogP contribution in [0, 0.1) is 11.3 Å². The van der Waals surface area contributed by atoms with Gasteiger partial charge in [0.25, 0.3) is 0 Å². The van der Waals surface area contributed by atoms with Crippen LogP contribution in [0.3, 0.4) is 0 Å². The van der Waals surface area contributed by atoms with Crippen LogP contribution in [0.1, 0.15) is 17.5 Å². The summed E-state index contributed by atoms with van der Waals surface area (Å²) in [6.45, 7) is 0.241. The first kappa shape index (κ1) is 19.2. The van der Waals surface area contributed by atoms with Gasteiger partial charge in [-0.2, -0.15) is 0 Å². The van der Waals surface area contributed by atoms with Crippen molar-refractivity contribution in [2.24, 2.45) is 11.3 Å². The lowest BCUT2D eigenvalue weighted by atomic mass is 10.0. The molecular weight excluding hydrogens is 364 g/mol. The number of allylic oxidation sites excluding steroid dienone is 1. The maximum Gasteiger partial charge on any atom is 0.229 e. The van der Waals surface area contributed by atoms with Crippen LogP contribution in [0.5, 0.6) is 5.75 Å². The highest BCUT2D eigenvalue weighted by molar-refractivity contribution is 5.87. The SMILES string of the molecule is COc1cccc(CNC(=O)C2(CO)CC2C=Cc2cnc3ccccc3c2)c1. The van der Waals surface area contributed by atoms with Crippen molar-refractivity contribution in [3.63, 3.8) is 0 Å². The number of pyridine rings is 1. The van der Waals surface area contributed by atoms with Gasteiger partial charge in [0.05, 0.1) is 24.6 Å². The number of carbonyl (C=O) groups excluding carboxylic acids is 1. The number of aromatic nitrogens is 1. The standard InChI is InChI=1S/C24H24N2O3/c1-29-21-7-4-5-17(12-21)15-26-23(28)24(16-27)13-20(24)10-9-18-11-19-6-2-3-8-22(19)25-14-18/h2-12,14,20,27H,13,15-16H2,1H3,(H,26,28).